The molecule has 2 amide bonds. The van der Waals surface area contributed by atoms with Gasteiger partial charge >= 0.3 is 5.97 Å². The third-order valence-electron chi connectivity index (χ3n) is 4.36. The number of hydrogen-bond acceptors (Lipinski definition) is 3. The smallest absolute Gasteiger partial charge is 0.308 e. The van der Waals surface area contributed by atoms with Gasteiger partial charge in [0.05, 0.1) is 18.4 Å². The second-order valence-electron chi connectivity index (χ2n) is 6.39. The molecule has 1 aliphatic rings. The molecule has 1 fully saturated rings. The van der Waals surface area contributed by atoms with E-state index in [0.29, 0.717) is 19.4 Å². The minimum atomic E-state index is -0.857. The largest absolute Gasteiger partial charge is 0.481 e. The molecule has 24 heavy (non-hydrogen) atoms. The first-order valence-electron chi connectivity index (χ1n) is 8.21. The Morgan fingerprint density at radius 2 is 1.96 bits per heavy atom. The maximum Gasteiger partial charge on any atom is 0.308 e. The maximum absolute atomic E-state index is 12.6. The van der Waals surface area contributed by atoms with E-state index in [1.54, 1.807) is 4.90 Å². The minimum absolute atomic E-state index is 0.125. The Morgan fingerprint density at radius 1 is 1.29 bits per heavy atom. The molecule has 6 heteroatoms. The van der Waals surface area contributed by atoms with Gasteiger partial charge in [-0.25, -0.2) is 0 Å². The topological polar surface area (TPSA) is 86.7 Å². The van der Waals surface area contributed by atoms with Gasteiger partial charge in [-0.2, -0.15) is 0 Å². The van der Waals surface area contributed by atoms with Gasteiger partial charge in [0.25, 0.3) is 0 Å². The lowest BCUT2D eigenvalue weighted by Crippen LogP contribution is -2.43. The predicted molar refractivity (Wildman–Crippen MR) is 89.3 cm³/mol. The summed E-state index contributed by atoms with van der Waals surface area (Å²) in [6, 6.07) is 7.28. The van der Waals surface area contributed by atoms with Crippen LogP contribution in [-0.4, -0.2) is 40.9 Å². The van der Waals surface area contributed by atoms with E-state index in [9.17, 15) is 14.4 Å². The summed E-state index contributed by atoms with van der Waals surface area (Å²) in [4.78, 5) is 36.8. The molecule has 0 spiro atoms. The van der Waals surface area contributed by atoms with Crippen LogP contribution in [0.1, 0.15) is 43.4 Å². The lowest BCUT2D eigenvalue weighted by Gasteiger charge is -2.32. The zero-order valence-electron chi connectivity index (χ0n) is 14.1. The molecule has 0 saturated carbocycles. The van der Waals surface area contributed by atoms with E-state index in [1.165, 1.54) is 6.92 Å². The number of benzene rings is 1. The Bertz CT molecular complexity index is 612. The highest BCUT2D eigenvalue weighted by Crippen LogP contribution is 2.22. The number of hydrogen-bond donors (Lipinski definition) is 2. The van der Waals surface area contributed by atoms with Crippen molar-refractivity contribution in [3.8, 4) is 0 Å². The van der Waals surface area contributed by atoms with Gasteiger partial charge in [0.15, 0.2) is 0 Å². The van der Waals surface area contributed by atoms with E-state index in [0.717, 1.165) is 11.1 Å². The van der Waals surface area contributed by atoms with Crippen LogP contribution in [-0.2, 0) is 14.4 Å². The molecule has 6 nitrogen and oxygen atoms in total. The lowest BCUT2D eigenvalue weighted by molar-refractivity contribution is -0.145. The van der Waals surface area contributed by atoms with Crippen LogP contribution in [0, 0.1) is 12.8 Å². The van der Waals surface area contributed by atoms with Crippen molar-refractivity contribution >= 4 is 17.8 Å². The highest BCUT2D eigenvalue weighted by Gasteiger charge is 2.29. The quantitative estimate of drug-likeness (QED) is 0.862. The second-order valence-corrected chi connectivity index (χ2v) is 6.39. The lowest BCUT2D eigenvalue weighted by atomic mass is 9.96. The third kappa shape index (κ3) is 4.81. The molecule has 1 aromatic rings. The fraction of sp³-hybridized carbons (Fsp3) is 0.500. The summed E-state index contributed by atoms with van der Waals surface area (Å²) in [6.45, 7) is 4.22. The molecule has 1 saturated heterocycles. The van der Waals surface area contributed by atoms with Gasteiger partial charge in [0.2, 0.25) is 11.8 Å². The number of likely N-dealkylation sites (tertiary alicyclic amines) is 1. The molecule has 2 atom stereocenters. The first kappa shape index (κ1) is 18.0. The molecule has 1 aliphatic heterocycles. The second kappa shape index (κ2) is 7.95. The van der Waals surface area contributed by atoms with Crippen LogP contribution >= 0.6 is 0 Å². The Morgan fingerprint density at radius 3 is 2.54 bits per heavy atom. The summed E-state index contributed by atoms with van der Waals surface area (Å²) in [5.41, 5.74) is 1.97. The minimum Gasteiger partial charge on any atom is -0.481 e. The Labute approximate surface area is 141 Å². The fourth-order valence-electron chi connectivity index (χ4n) is 3.01. The Balaban J connectivity index is 2.08. The molecule has 0 bridgehead atoms. The summed E-state index contributed by atoms with van der Waals surface area (Å²) < 4.78 is 0. The molecule has 2 N–H and O–H groups in total. The van der Waals surface area contributed by atoms with Crippen LogP contribution in [0.5, 0.6) is 0 Å². The van der Waals surface area contributed by atoms with Crippen LogP contribution in [0.25, 0.3) is 0 Å². The van der Waals surface area contributed by atoms with Crippen molar-refractivity contribution in [3.05, 3.63) is 35.4 Å². The van der Waals surface area contributed by atoms with Gasteiger partial charge in [-0.05, 0) is 25.3 Å². The molecule has 2 unspecified atom stereocenters. The van der Waals surface area contributed by atoms with Crippen molar-refractivity contribution in [1.29, 1.82) is 0 Å². The summed E-state index contributed by atoms with van der Waals surface area (Å²) in [5, 5.41) is 12.0. The monoisotopic (exact) mass is 332 g/mol. The summed E-state index contributed by atoms with van der Waals surface area (Å²) in [5.74, 6) is -1.68. The molecule has 0 aromatic heterocycles. The number of nitrogens with one attached hydrogen (secondary N) is 1. The van der Waals surface area contributed by atoms with E-state index >= 15 is 0 Å². The van der Waals surface area contributed by atoms with Gasteiger partial charge in [-0.1, -0.05) is 29.8 Å². The first-order valence-corrected chi connectivity index (χ1v) is 8.21. The third-order valence-corrected chi connectivity index (χ3v) is 4.36. The van der Waals surface area contributed by atoms with Crippen molar-refractivity contribution in [2.75, 3.05) is 13.1 Å². The number of amides is 2. The SMILES string of the molecule is CC(=O)NC(CC(=O)N1CCCC(C(=O)O)C1)c1ccc(C)cc1. The molecule has 2 rings (SSSR count). The highest BCUT2D eigenvalue weighted by molar-refractivity contribution is 5.80. The number of carboxylic acids is 1. The number of aliphatic carboxylic acids is 1. The van der Waals surface area contributed by atoms with E-state index in [1.807, 2.05) is 31.2 Å². The van der Waals surface area contributed by atoms with Gasteiger partial charge in [0.1, 0.15) is 0 Å². The zero-order chi connectivity index (χ0) is 17.7. The molecular formula is C18H24N2O4. The number of carbonyl (C=O) groups is 3. The van der Waals surface area contributed by atoms with E-state index < -0.39 is 17.9 Å². The van der Waals surface area contributed by atoms with Gasteiger partial charge in [-0.3, -0.25) is 14.4 Å². The average molecular weight is 332 g/mol. The molecule has 1 aromatic carbocycles. The Hall–Kier alpha value is -2.37. The van der Waals surface area contributed by atoms with Crippen molar-refractivity contribution < 1.29 is 19.5 Å². The van der Waals surface area contributed by atoms with Crippen molar-refractivity contribution in [1.82, 2.24) is 10.2 Å². The van der Waals surface area contributed by atoms with Crippen molar-refractivity contribution in [3.63, 3.8) is 0 Å². The predicted octanol–water partition coefficient (Wildman–Crippen LogP) is 1.89. The number of aryl methyl sites for hydroxylation is 1. The number of carbonyl (C=O) groups excluding carboxylic acids is 2. The van der Waals surface area contributed by atoms with Crippen LogP contribution in [0.4, 0.5) is 0 Å². The fourth-order valence-corrected chi connectivity index (χ4v) is 3.01. The number of rotatable bonds is 5. The number of nitrogens with zero attached hydrogens (tertiary/aromatic N) is 1. The standard InChI is InChI=1S/C18H24N2O4/c1-12-5-7-14(8-6-12)16(19-13(2)21)10-17(22)20-9-3-4-15(11-20)18(23)24/h5-8,15-16H,3-4,9-11H2,1-2H3,(H,19,21)(H,23,24). The summed E-state index contributed by atoms with van der Waals surface area (Å²) >= 11 is 0. The summed E-state index contributed by atoms with van der Waals surface area (Å²) in [7, 11) is 0. The van der Waals surface area contributed by atoms with Crippen molar-refractivity contribution in [2.45, 2.75) is 39.2 Å². The van der Waals surface area contributed by atoms with E-state index in [4.69, 9.17) is 5.11 Å². The average Bonchev–Trinajstić information content (AvgIpc) is 2.54. The van der Waals surface area contributed by atoms with Gasteiger partial charge in [0, 0.05) is 20.0 Å². The van der Waals surface area contributed by atoms with Gasteiger partial charge in [-0.15, -0.1) is 0 Å². The maximum atomic E-state index is 12.6. The zero-order valence-corrected chi connectivity index (χ0v) is 14.1. The van der Waals surface area contributed by atoms with Crippen LogP contribution in [0.2, 0.25) is 0 Å². The van der Waals surface area contributed by atoms with E-state index in [2.05, 4.69) is 5.32 Å². The molecular weight excluding hydrogens is 308 g/mol. The number of piperidine rings is 1. The van der Waals surface area contributed by atoms with Crippen LogP contribution in [0.15, 0.2) is 24.3 Å². The van der Waals surface area contributed by atoms with Crippen molar-refractivity contribution in [2.24, 2.45) is 5.92 Å². The normalized spacial score (nSPS) is 18.8. The highest BCUT2D eigenvalue weighted by atomic mass is 16.4. The van der Waals surface area contributed by atoms with Crippen LogP contribution in [0.3, 0.4) is 0 Å². The number of carboxylic acid groups (broad SMARTS) is 1. The molecule has 0 aliphatic carbocycles. The first-order chi connectivity index (χ1) is 11.4. The summed E-state index contributed by atoms with van der Waals surface area (Å²) in [6.07, 6.45) is 1.43. The molecule has 1 heterocycles. The molecule has 0 radical (unpaired) electrons. The van der Waals surface area contributed by atoms with Gasteiger partial charge < -0.3 is 15.3 Å². The van der Waals surface area contributed by atoms with Crippen LogP contribution < -0.4 is 5.32 Å². The van der Waals surface area contributed by atoms with E-state index in [-0.39, 0.29) is 24.8 Å². The Kier molecular flexibility index (Phi) is 5.95. The molecule has 130 valence electrons.